The first-order chi connectivity index (χ1) is 5.89. The summed E-state index contributed by atoms with van der Waals surface area (Å²) in [6.07, 6.45) is 3.19. The Hall–Kier alpha value is -1.22. The third kappa shape index (κ3) is 3.83. The van der Waals surface area contributed by atoms with Crippen LogP contribution in [0.3, 0.4) is 0 Å². The molecule has 0 spiro atoms. The van der Waals surface area contributed by atoms with Crippen molar-refractivity contribution in [2.75, 3.05) is 0 Å². The van der Waals surface area contributed by atoms with Gasteiger partial charge in [-0.25, -0.2) is 4.21 Å². The van der Waals surface area contributed by atoms with Gasteiger partial charge in [0.1, 0.15) is 0 Å². The Balaban J connectivity index is 0.000000120. The van der Waals surface area contributed by atoms with E-state index >= 15 is 0 Å². The summed E-state index contributed by atoms with van der Waals surface area (Å²) in [4.78, 5) is 0. The maximum atomic E-state index is 10.1. The highest BCUT2D eigenvalue weighted by Crippen LogP contribution is 1.90. The molecule has 0 aromatic heterocycles. The lowest BCUT2D eigenvalue weighted by molar-refractivity contribution is 0.690. The predicted molar refractivity (Wildman–Crippen MR) is 52.2 cm³/mol. The maximum Gasteiger partial charge on any atom is 0.165 e. The summed E-state index contributed by atoms with van der Waals surface area (Å²) in [5.74, 6) is 0. The minimum absolute atomic E-state index is 1.03. The second-order valence-electron chi connectivity index (χ2n) is 2.01. The molecule has 0 N–H and O–H groups in total. The van der Waals surface area contributed by atoms with Gasteiger partial charge in [0, 0.05) is 11.6 Å². The second-order valence-corrected chi connectivity index (χ2v) is 3.05. The van der Waals surface area contributed by atoms with Crippen LogP contribution < -0.4 is 0 Å². The molecule has 2 nitrogen and oxygen atoms in total. The van der Waals surface area contributed by atoms with Crippen molar-refractivity contribution in [3.8, 4) is 0 Å². The Morgan fingerprint density at radius 1 is 0.917 bits per heavy atom. The van der Waals surface area contributed by atoms with E-state index in [9.17, 15) is 4.21 Å². The van der Waals surface area contributed by atoms with Gasteiger partial charge in [-0.1, -0.05) is 36.4 Å². The van der Waals surface area contributed by atoms with E-state index in [2.05, 4.69) is 4.40 Å². The Labute approximate surface area is 74.2 Å². The molecule has 1 heterocycles. The molecule has 3 heteroatoms. The van der Waals surface area contributed by atoms with Gasteiger partial charge in [0.15, 0.2) is 11.0 Å². The van der Waals surface area contributed by atoms with Crippen LogP contribution in [0.2, 0.25) is 0 Å². The lowest BCUT2D eigenvalue weighted by Crippen LogP contribution is -1.64. The van der Waals surface area contributed by atoms with Crippen LogP contribution in [0.1, 0.15) is 0 Å². The highest BCUT2D eigenvalue weighted by Gasteiger charge is 1.87. The van der Waals surface area contributed by atoms with Crippen LogP contribution in [0, 0.1) is 0 Å². The van der Waals surface area contributed by atoms with E-state index in [1.54, 1.807) is 6.08 Å². The SMILES string of the molecule is O=S1C=CC=N1.c1ccccc1. The number of rotatable bonds is 0. The van der Waals surface area contributed by atoms with E-state index in [4.69, 9.17) is 0 Å². The molecule has 0 bridgehead atoms. The summed E-state index contributed by atoms with van der Waals surface area (Å²) in [6.45, 7) is 0. The van der Waals surface area contributed by atoms with Crippen molar-refractivity contribution in [3.63, 3.8) is 0 Å². The standard InChI is InChI=1S/C6H6.C3H3NOS/c1-2-4-6-5-3-1;5-6-3-1-2-4-6/h1-6H;1-3H. The van der Waals surface area contributed by atoms with Crippen LogP contribution in [-0.4, -0.2) is 10.4 Å². The van der Waals surface area contributed by atoms with E-state index in [1.807, 2.05) is 36.4 Å². The van der Waals surface area contributed by atoms with E-state index in [1.165, 1.54) is 11.6 Å². The van der Waals surface area contributed by atoms with Crippen molar-refractivity contribution >= 4 is 17.2 Å². The zero-order valence-electron chi connectivity index (χ0n) is 6.46. The molecule has 0 saturated heterocycles. The monoisotopic (exact) mass is 179 g/mol. The average Bonchev–Trinajstić information content (AvgIpc) is 2.60. The van der Waals surface area contributed by atoms with Crippen molar-refractivity contribution in [2.45, 2.75) is 0 Å². The van der Waals surface area contributed by atoms with Crippen molar-refractivity contribution < 1.29 is 4.21 Å². The van der Waals surface area contributed by atoms with Gasteiger partial charge in [0.25, 0.3) is 0 Å². The molecule has 0 aliphatic carbocycles. The summed E-state index contributed by atoms with van der Waals surface area (Å²) in [6, 6.07) is 12.0. The number of nitrogens with zero attached hydrogens (tertiary/aromatic N) is 1. The first-order valence-electron chi connectivity index (χ1n) is 3.51. The van der Waals surface area contributed by atoms with Crippen molar-refractivity contribution in [1.82, 2.24) is 0 Å². The second kappa shape index (κ2) is 5.43. The topological polar surface area (TPSA) is 29.4 Å². The minimum Gasteiger partial charge on any atom is -0.230 e. The van der Waals surface area contributed by atoms with Gasteiger partial charge in [0.2, 0.25) is 0 Å². The molecule has 1 aliphatic heterocycles. The lowest BCUT2D eigenvalue weighted by Gasteiger charge is -1.69. The number of hydrogen-bond acceptors (Lipinski definition) is 1. The van der Waals surface area contributed by atoms with Crippen LogP contribution in [-0.2, 0) is 11.0 Å². The van der Waals surface area contributed by atoms with E-state index in [-0.39, 0.29) is 0 Å². The Kier molecular flexibility index (Phi) is 4.02. The van der Waals surface area contributed by atoms with Crippen molar-refractivity contribution in [3.05, 3.63) is 47.9 Å². The molecule has 1 aromatic carbocycles. The third-order valence-electron chi connectivity index (χ3n) is 1.11. The summed E-state index contributed by atoms with van der Waals surface area (Å²) >= 11 is 0. The number of allylic oxidation sites excluding steroid dienone is 1. The largest absolute Gasteiger partial charge is 0.230 e. The molecule has 1 aromatic rings. The van der Waals surface area contributed by atoms with Crippen LogP contribution in [0.5, 0.6) is 0 Å². The fourth-order valence-electron chi connectivity index (χ4n) is 0.618. The van der Waals surface area contributed by atoms with Crippen molar-refractivity contribution in [1.29, 1.82) is 0 Å². The molecule has 0 fully saturated rings. The maximum absolute atomic E-state index is 10.1. The smallest absolute Gasteiger partial charge is 0.165 e. The Bertz CT molecular complexity index is 252. The van der Waals surface area contributed by atoms with Crippen LogP contribution in [0.25, 0.3) is 0 Å². The zero-order valence-corrected chi connectivity index (χ0v) is 7.28. The summed E-state index contributed by atoms with van der Waals surface area (Å²) in [5, 5.41) is 1.53. The normalized spacial score (nSPS) is 18.5. The molecule has 0 amide bonds. The molecule has 1 atom stereocenters. The quantitative estimate of drug-likeness (QED) is 0.598. The molecule has 12 heavy (non-hydrogen) atoms. The lowest BCUT2D eigenvalue weighted by atomic mass is 10.4. The molecule has 2 rings (SSSR count). The third-order valence-corrected chi connectivity index (χ3v) is 1.83. The summed E-state index contributed by atoms with van der Waals surface area (Å²) in [7, 11) is -1.03. The van der Waals surface area contributed by atoms with Gasteiger partial charge in [-0.15, -0.1) is 0 Å². The highest BCUT2D eigenvalue weighted by atomic mass is 32.2. The molecular weight excluding hydrogens is 170 g/mol. The van der Waals surface area contributed by atoms with Crippen LogP contribution >= 0.6 is 0 Å². The van der Waals surface area contributed by atoms with Crippen LogP contribution in [0.15, 0.2) is 52.3 Å². The minimum atomic E-state index is -1.03. The Morgan fingerprint density at radius 3 is 1.58 bits per heavy atom. The first-order valence-corrected chi connectivity index (χ1v) is 4.68. The van der Waals surface area contributed by atoms with Crippen molar-refractivity contribution in [2.24, 2.45) is 4.40 Å². The van der Waals surface area contributed by atoms with Gasteiger partial charge >= 0.3 is 0 Å². The predicted octanol–water partition coefficient (Wildman–Crippen LogP) is 1.93. The van der Waals surface area contributed by atoms with Gasteiger partial charge in [0.05, 0.1) is 0 Å². The van der Waals surface area contributed by atoms with E-state index < -0.39 is 11.0 Å². The average molecular weight is 179 g/mol. The first kappa shape index (κ1) is 8.87. The van der Waals surface area contributed by atoms with Gasteiger partial charge in [-0.05, 0) is 6.08 Å². The fourth-order valence-corrected chi connectivity index (χ4v) is 1.08. The number of benzene rings is 1. The van der Waals surface area contributed by atoms with E-state index in [0.717, 1.165) is 0 Å². The summed E-state index contributed by atoms with van der Waals surface area (Å²) < 4.78 is 13.5. The molecule has 0 radical (unpaired) electrons. The van der Waals surface area contributed by atoms with E-state index in [0.29, 0.717) is 0 Å². The molecule has 62 valence electrons. The van der Waals surface area contributed by atoms with Gasteiger partial charge < -0.3 is 0 Å². The molecular formula is C9H9NOS. The van der Waals surface area contributed by atoms with Gasteiger partial charge in [-0.3, -0.25) is 0 Å². The zero-order chi connectivity index (χ0) is 8.65. The molecule has 0 saturated carbocycles. The fraction of sp³-hybridized carbons (Fsp3) is 0. The summed E-state index contributed by atoms with van der Waals surface area (Å²) in [5.41, 5.74) is 0. The highest BCUT2D eigenvalue weighted by molar-refractivity contribution is 7.87. The Morgan fingerprint density at radius 2 is 1.42 bits per heavy atom. The van der Waals surface area contributed by atoms with Crippen LogP contribution in [0.4, 0.5) is 0 Å². The number of hydrogen-bond donors (Lipinski definition) is 0. The molecule has 1 unspecified atom stereocenters. The molecule has 1 aliphatic rings. The van der Waals surface area contributed by atoms with Gasteiger partial charge in [-0.2, -0.15) is 4.40 Å².